The summed E-state index contributed by atoms with van der Waals surface area (Å²) in [7, 11) is 3.58. The van der Waals surface area contributed by atoms with Gasteiger partial charge in [0.25, 0.3) is 0 Å². The topological polar surface area (TPSA) is 15.3 Å². The number of benzene rings is 1. The van der Waals surface area contributed by atoms with Gasteiger partial charge in [-0.2, -0.15) is 13.2 Å². The van der Waals surface area contributed by atoms with Crippen LogP contribution >= 0.6 is 0 Å². The molecule has 0 saturated carbocycles. The molecule has 21 heavy (non-hydrogen) atoms. The monoisotopic (exact) mass is 302 g/mol. The summed E-state index contributed by atoms with van der Waals surface area (Å²) in [5, 5.41) is 3.21. The summed E-state index contributed by atoms with van der Waals surface area (Å²) in [6.07, 6.45) is -3.91. The molecule has 0 fully saturated rings. The second-order valence-corrected chi connectivity index (χ2v) is 5.45. The van der Waals surface area contributed by atoms with Gasteiger partial charge >= 0.3 is 6.18 Å². The Hall–Kier alpha value is -1.07. The van der Waals surface area contributed by atoms with Gasteiger partial charge in [-0.1, -0.05) is 31.2 Å². The fourth-order valence-electron chi connectivity index (χ4n) is 2.41. The molecule has 1 aromatic carbocycles. The van der Waals surface area contributed by atoms with E-state index in [9.17, 15) is 13.2 Å². The lowest BCUT2D eigenvalue weighted by atomic mass is 9.98. The SMILES string of the molecule is CCc1ccc(C(NC)C(C)N(C)CCC(F)(F)F)cc1. The van der Waals surface area contributed by atoms with Gasteiger partial charge in [0.15, 0.2) is 0 Å². The van der Waals surface area contributed by atoms with E-state index < -0.39 is 12.6 Å². The fraction of sp³-hybridized carbons (Fsp3) is 0.625. The summed E-state index contributed by atoms with van der Waals surface area (Å²) in [4.78, 5) is 1.75. The van der Waals surface area contributed by atoms with Gasteiger partial charge < -0.3 is 10.2 Å². The number of hydrogen-bond acceptors (Lipinski definition) is 2. The minimum absolute atomic E-state index is 0.00846. The van der Waals surface area contributed by atoms with Crippen molar-refractivity contribution < 1.29 is 13.2 Å². The molecule has 2 unspecified atom stereocenters. The highest BCUT2D eigenvalue weighted by molar-refractivity contribution is 5.26. The van der Waals surface area contributed by atoms with Gasteiger partial charge in [-0.15, -0.1) is 0 Å². The van der Waals surface area contributed by atoms with Crippen molar-refractivity contribution in [2.24, 2.45) is 0 Å². The zero-order chi connectivity index (χ0) is 16.0. The summed E-state index contributed by atoms with van der Waals surface area (Å²) >= 11 is 0. The second kappa shape index (κ2) is 7.80. The maximum atomic E-state index is 12.3. The minimum atomic E-state index is -4.11. The average Bonchev–Trinajstić information content (AvgIpc) is 2.45. The van der Waals surface area contributed by atoms with E-state index in [0.717, 1.165) is 12.0 Å². The van der Waals surface area contributed by atoms with Crippen LogP contribution in [-0.2, 0) is 6.42 Å². The molecule has 0 amide bonds. The maximum Gasteiger partial charge on any atom is 0.390 e. The molecule has 2 atom stereocenters. The highest BCUT2D eigenvalue weighted by atomic mass is 19.4. The highest BCUT2D eigenvalue weighted by Gasteiger charge is 2.29. The number of alkyl halides is 3. The fourth-order valence-corrected chi connectivity index (χ4v) is 2.41. The Morgan fingerprint density at radius 3 is 2.19 bits per heavy atom. The molecule has 5 heteroatoms. The van der Waals surface area contributed by atoms with E-state index in [-0.39, 0.29) is 18.6 Å². The molecule has 0 bridgehead atoms. The third-order valence-corrected chi connectivity index (χ3v) is 3.98. The van der Waals surface area contributed by atoms with Crippen LogP contribution < -0.4 is 5.32 Å². The first kappa shape index (κ1) is 18.0. The van der Waals surface area contributed by atoms with Gasteiger partial charge in [-0.25, -0.2) is 0 Å². The number of rotatable bonds is 7. The number of aryl methyl sites for hydroxylation is 1. The minimum Gasteiger partial charge on any atom is -0.312 e. The molecule has 0 saturated heterocycles. The molecule has 2 nitrogen and oxygen atoms in total. The molecule has 120 valence electrons. The van der Waals surface area contributed by atoms with Crippen LogP contribution in [0.4, 0.5) is 13.2 Å². The Morgan fingerprint density at radius 1 is 1.19 bits per heavy atom. The number of halogens is 3. The van der Waals surface area contributed by atoms with Gasteiger partial charge in [0.1, 0.15) is 0 Å². The van der Waals surface area contributed by atoms with Crippen LogP contribution in [0.5, 0.6) is 0 Å². The van der Waals surface area contributed by atoms with Crippen LogP contribution in [0.1, 0.15) is 37.4 Å². The summed E-state index contributed by atoms with van der Waals surface area (Å²) in [6, 6.07) is 8.23. The molecule has 0 aromatic heterocycles. The Bertz CT molecular complexity index is 415. The van der Waals surface area contributed by atoms with E-state index in [4.69, 9.17) is 0 Å². The number of likely N-dealkylation sites (N-methyl/N-ethyl adjacent to an activating group) is 2. The van der Waals surface area contributed by atoms with Crippen molar-refractivity contribution in [2.45, 2.75) is 44.9 Å². The Labute approximate surface area is 125 Å². The van der Waals surface area contributed by atoms with E-state index in [1.54, 1.807) is 11.9 Å². The molecule has 0 aliphatic heterocycles. The largest absolute Gasteiger partial charge is 0.390 e. The van der Waals surface area contributed by atoms with E-state index in [0.29, 0.717) is 0 Å². The van der Waals surface area contributed by atoms with Crippen molar-refractivity contribution >= 4 is 0 Å². The molecule has 0 aliphatic rings. The summed E-state index contributed by atoms with van der Waals surface area (Å²) in [6.45, 7) is 4.05. The molecule has 0 aliphatic carbocycles. The van der Waals surface area contributed by atoms with Crippen molar-refractivity contribution in [1.29, 1.82) is 0 Å². The smallest absolute Gasteiger partial charge is 0.312 e. The molecular formula is C16H25F3N2. The van der Waals surface area contributed by atoms with Crippen LogP contribution in [0.2, 0.25) is 0 Å². The zero-order valence-corrected chi connectivity index (χ0v) is 13.2. The Balaban J connectivity index is 2.73. The first-order valence-corrected chi connectivity index (χ1v) is 7.31. The van der Waals surface area contributed by atoms with Crippen molar-refractivity contribution in [2.75, 3.05) is 20.6 Å². The van der Waals surface area contributed by atoms with Crippen molar-refractivity contribution in [3.63, 3.8) is 0 Å². The van der Waals surface area contributed by atoms with Crippen LogP contribution in [0, 0.1) is 0 Å². The summed E-state index contributed by atoms with van der Waals surface area (Å²) in [5.74, 6) is 0. The highest BCUT2D eigenvalue weighted by Crippen LogP contribution is 2.24. The number of hydrogen-bond donors (Lipinski definition) is 1. The lowest BCUT2D eigenvalue weighted by molar-refractivity contribution is -0.138. The van der Waals surface area contributed by atoms with Gasteiger partial charge in [0, 0.05) is 18.6 Å². The first-order chi connectivity index (χ1) is 9.78. The quantitative estimate of drug-likeness (QED) is 0.824. The van der Waals surface area contributed by atoms with E-state index >= 15 is 0 Å². The molecular weight excluding hydrogens is 277 g/mol. The molecule has 0 radical (unpaired) electrons. The molecule has 1 rings (SSSR count). The van der Waals surface area contributed by atoms with Crippen LogP contribution in [0.3, 0.4) is 0 Å². The Kier molecular flexibility index (Phi) is 6.68. The zero-order valence-electron chi connectivity index (χ0n) is 13.2. The summed E-state index contributed by atoms with van der Waals surface area (Å²) < 4.78 is 37.0. The van der Waals surface area contributed by atoms with Gasteiger partial charge in [0.2, 0.25) is 0 Å². The third kappa shape index (κ3) is 5.67. The van der Waals surface area contributed by atoms with Crippen LogP contribution in [-0.4, -0.2) is 37.8 Å². The second-order valence-electron chi connectivity index (χ2n) is 5.45. The van der Waals surface area contributed by atoms with Gasteiger partial charge in [-0.3, -0.25) is 0 Å². The summed E-state index contributed by atoms with van der Waals surface area (Å²) in [5.41, 5.74) is 2.35. The third-order valence-electron chi connectivity index (χ3n) is 3.98. The number of nitrogens with zero attached hydrogens (tertiary/aromatic N) is 1. The first-order valence-electron chi connectivity index (χ1n) is 7.31. The van der Waals surface area contributed by atoms with Gasteiger partial charge in [0.05, 0.1) is 6.42 Å². The van der Waals surface area contributed by atoms with E-state index in [2.05, 4.69) is 24.4 Å². The molecule has 0 heterocycles. The van der Waals surface area contributed by atoms with Crippen LogP contribution in [0.25, 0.3) is 0 Å². The lowest BCUT2D eigenvalue weighted by Gasteiger charge is -2.32. The van der Waals surface area contributed by atoms with Crippen molar-refractivity contribution in [3.8, 4) is 0 Å². The Morgan fingerprint density at radius 2 is 1.76 bits per heavy atom. The standard InChI is InChI=1S/C16H25F3N2/c1-5-13-6-8-14(9-7-13)15(20-3)12(2)21(4)11-10-16(17,18)19/h6-9,12,15,20H,5,10-11H2,1-4H3. The normalized spacial score (nSPS) is 15.2. The number of nitrogens with one attached hydrogen (secondary N) is 1. The predicted molar refractivity (Wildman–Crippen MR) is 80.4 cm³/mol. The van der Waals surface area contributed by atoms with E-state index in [1.807, 2.05) is 26.1 Å². The lowest BCUT2D eigenvalue weighted by Crippen LogP contribution is -2.41. The predicted octanol–water partition coefficient (Wildman–Crippen LogP) is 3.78. The molecule has 0 spiro atoms. The van der Waals surface area contributed by atoms with Crippen molar-refractivity contribution in [1.82, 2.24) is 10.2 Å². The molecule has 1 N–H and O–H groups in total. The van der Waals surface area contributed by atoms with E-state index in [1.165, 1.54) is 5.56 Å². The molecule has 1 aromatic rings. The van der Waals surface area contributed by atoms with Crippen LogP contribution in [0.15, 0.2) is 24.3 Å². The maximum absolute atomic E-state index is 12.3. The average molecular weight is 302 g/mol. The van der Waals surface area contributed by atoms with Gasteiger partial charge in [-0.05, 0) is 38.6 Å². The van der Waals surface area contributed by atoms with Crippen molar-refractivity contribution in [3.05, 3.63) is 35.4 Å².